The first kappa shape index (κ1) is 30.5. The van der Waals surface area contributed by atoms with Gasteiger partial charge in [0.2, 0.25) is 0 Å². The average molecular weight is 688 g/mol. The second kappa shape index (κ2) is 12.2. The fourth-order valence-electron chi connectivity index (χ4n) is 8.55. The summed E-state index contributed by atoms with van der Waals surface area (Å²) in [5, 5.41) is 11.9. The summed E-state index contributed by atoms with van der Waals surface area (Å²) >= 11 is 0. The number of benzene rings is 10. The Bertz CT molecular complexity index is 3210. The summed E-state index contributed by atoms with van der Waals surface area (Å²) in [5.74, 6) is 0. The number of furan rings is 1. The third-order valence-corrected chi connectivity index (χ3v) is 11.0. The predicted octanol–water partition coefficient (Wildman–Crippen LogP) is 15.0. The van der Waals surface area contributed by atoms with Gasteiger partial charge in [0.1, 0.15) is 11.2 Å². The van der Waals surface area contributed by atoms with Crippen LogP contribution in [0, 0.1) is 0 Å². The molecular weight excluding hydrogens is 655 g/mol. The van der Waals surface area contributed by atoms with Gasteiger partial charge >= 0.3 is 0 Å². The van der Waals surface area contributed by atoms with E-state index in [0.717, 1.165) is 49.8 Å². The van der Waals surface area contributed by atoms with Crippen molar-refractivity contribution in [3.8, 4) is 22.3 Å². The topological polar surface area (TPSA) is 16.4 Å². The first-order chi connectivity index (χ1) is 26.8. The number of para-hydroxylation sites is 1. The number of hydrogen-bond acceptors (Lipinski definition) is 2. The highest BCUT2D eigenvalue weighted by molar-refractivity contribution is 6.21. The smallest absolute Gasteiger partial charge is 0.145 e. The van der Waals surface area contributed by atoms with E-state index in [9.17, 15) is 0 Å². The molecule has 0 aliphatic rings. The van der Waals surface area contributed by atoms with Crippen molar-refractivity contribution in [2.75, 3.05) is 4.90 Å². The van der Waals surface area contributed by atoms with Gasteiger partial charge in [-0.1, -0.05) is 158 Å². The van der Waals surface area contributed by atoms with Crippen LogP contribution in [0.4, 0.5) is 17.1 Å². The largest absolute Gasteiger partial charge is 0.455 e. The molecule has 0 saturated carbocycles. The van der Waals surface area contributed by atoms with Crippen molar-refractivity contribution in [2.45, 2.75) is 0 Å². The normalized spacial score (nSPS) is 11.7. The van der Waals surface area contributed by atoms with E-state index >= 15 is 0 Å². The lowest BCUT2D eigenvalue weighted by atomic mass is 9.90. The average Bonchev–Trinajstić information content (AvgIpc) is 3.63. The third kappa shape index (κ3) is 4.74. The highest BCUT2D eigenvalue weighted by Crippen LogP contribution is 2.48. The lowest BCUT2D eigenvalue weighted by Gasteiger charge is -2.29. The number of rotatable bonds is 5. The molecule has 0 bridgehead atoms. The van der Waals surface area contributed by atoms with E-state index in [-0.39, 0.29) is 0 Å². The highest BCUT2D eigenvalue weighted by atomic mass is 16.3. The summed E-state index contributed by atoms with van der Waals surface area (Å²) in [7, 11) is 0. The lowest BCUT2D eigenvalue weighted by Crippen LogP contribution is -2.11. The van der Waals surface area contributed by atoms with Crippen LogP contribution in [0.5, 0.6) is 0 Å². The van der Waals surface area contributed by atoms with Crippen molar-refractivity contribution in [1.82, 2.24) is 0 Å². The van der Waals surface area contributed by atoms with E-state index in [1.807, 2.05) is 6.07 Å². The number of hydrogen-bond donors (Lipinski definition) is 0. The van der Waals surface area contributed by atoms with Crippen LogP contribution in [0.15, 0.2) is 205 Å². The molecule has 0 radical (unpaired) electrons. The van der Waals surface area contributed by atoms with Crippen molar-refractivity contribution in [2.24, 2.45) is 0 Å². The molecule has 0 spiro atoms. The van der Waals surface area contributed by atoms with Gasteiger partial charge in [-0.05, 0) is 97.0 Å². The summed E-state index contributed by atoms with van der Waals surface area (Å²) in [6.07, 6.45) is 0. The fourth-order valence-corrected chi connectivity index (χ4v) is 8.55. The zero-order chi connectivity index (χ0) is 35.6. The highest BCUT2D eigenvalue weighted by Gasteiger charge is 2.22. The predicted molar refractivity (Wildman–Crippen MR) is 229 cm³/mol. The van der Waals surface area contributed by atoms with E-state index in [0.29, 0.717) is 0 Å². The molecule has 11 rings (SSSR count). The van der Waals surface area contributed by atoms with Crippen LogP contribution in [-0.2, 0) is 0 Å². The summed E-state index contributed by atoms with van der Waals surface area (Å²) < 4.78 is 6.72. The molecule has 2 nitrogen and oxygen atoms in total. The van der Waals surface area contributed by atoms with Gasteiger partial charge in [0, 0.05) is 27.2 Å². The second-order valence-corrected chi connectivity index (χ2v) is 14.0. The Balaban J connectivity index is 1.19. The van der Waals surface area contributed by atoms with Crippen LogP contribution in [0.3, 0.4) is 0 Å². The molecule has 0 aliphatic carbocycles. The van der Waals surface area contributed by atoms with Gasteiger partial charge < -0.3 is 9.32 Å². The van der Waals surface area contributed by atoms with Gasteiger partial charge in [0.15, 0.2) is 0 Å². The molecule has 0 unspecified atom stereocenters. The van der Waals surface area contributed by atoms with E-state index in [1.54, 1.807) is 0 Å². The minimum atomic E-state index is 0.894. The van der Waals surface area contributed by atoms with Crippen LogP contribution in [0.2, 0.25) is 0 Å². The van der Waals surface area contributed by atoms with Gasteiger partial charge in [0.25, 0.3) is 0 Å². The Kier molecular flexibility index (Phi) is 6.90. The lowest BCUT2D eigenvalue weighted by molar-refractivity contribution is 0.672. The Morgan fingerprint density at radius 2 is 0.963 bits per heavy atom. The van der Waals surface area contributed by atoms with E-state index < -0.39 is 0 Å². The van der Waals surface area contributed by atoms with Gasteiger partial charge in [-0.15, -0.1) is 0 Å². The van der Waals surface area contributed by atoms with Crippen LogP contribution in [-0.4, -0.2) is 0 Å². The molecule has 1 heterocycles. The maximum atomic E-state index is 6.72. The fraction of sp³-hybridized carbons (Fsp3) is 0. The van der Waals surface area contributed by atoms with Crippen LogP contribution >= 0.6 is 0 Å². The van der Waals surface area contributed by atoms with Gasteiger partial charge in [0.05, 0.1) is 11.4 Å². The summed E-state index contributed by atoms with van der Waals surface area (Å²) in [6.45, 7) is 0. The molecule has 10 aromatic carbocycles. The van der Waals surface area contributed by atoms with Crippen LogP contribution < -0.4 is 4.90 Å². The number of anilines is 3. The Morgan fingerprint density at radius 3 is 1.78 bits per heavy atom. The van der Waals surface area contributed by atoms with E-state index in [2.05, 4.69) is 199 Å². The molecule has 0 atom stereocenters. The molecule has 2 heteroatoms. The first-order valence-corrected chi connectivity index (χ1v) is 18.5. The van der Waals surface area contributed by atoms with Crippen LogP contribution in [0.1, 0.15) is 0 Å². The molecule has 0 amide bonds. The molecular formula is C52H33NO. The SMILES string of the molecule is c1ccc(-c2ccc(N(c3ccc(-c4cc5ccccc5c5ccccc45)c4ccccc34)c3cccc4ccc5c6ccccc6oc5c34)cc2)cc1. The zero-order valence-electron chi connectivity index (χ0n) is 29.4. The van der Waals surface area contributed by atoms with Crippen molar-refractivity contribution >= 4 is 82.1 Å². The van der Waals surface area contributed by atoms with Crippen molar-refractivity contribution in [1.29, 1.82) is 0 Å². The van der Waals surface area contributed by atoms with Gasteiger partial charge in [-0.2, -0.15) is 0 Å². The molecule has 0 fully saturated rings. The first-order valence-electron chi connectivity index (χ1n) is 18.5. The zero-order valence-corrected chi connectivity index (χ0v) is 29.4. The minimum Gasteiger partial charge on any atom is -0.455 e. The summed E-state index contributed by atoms with van der Waals surface area (Å²) in [4.78, 5) is 2.42. The quantitative estimate of drug-likeness (QED) is 0.168. The molecule has 0 aliphatic heterocycles. The molecule has 11 aromatic rings. The number of nitrogens with zero attached hydrogens (tertiary/aromatic N) is 1. The molecule has 0 saturated heterocycles. The van der Waals surface area contributed by atoms with Gasteiger partial charge in [-0.25, -0.2) is 0 Å². The maximum Gasteiger partial charge on any atom is 0.145 e. The maximum absolute atomic E-state index is 6.72. The van der Waals surface area contributed by atoms with E-state index in [4.69, 9.17) is 4.42 Å². The molecule has 252 valence electrons. The monoisotopic (exact) mass is 687 g/mol. The third-order valence-electron chi connectivity index (χ3n) is 11.0. The van der Waals surface area contributed by atoms with Crippen molar-refractivity contribution in [3.05, 3.63) is 200 Å². The summed E-state index contributed by atoms with van der Waals surface area (Å²) in [6, 6.07) is 72.3. The Morgan fingerprint density at radius 1 is 0.333 bits per heavy atom. The number of fused-ring (bicyclic) bond motifs is 9. The van der Waals surface area contributed by atoms with Crippen LogP contribution in [0.25, 0.3) is 87.3 Å². The standard InChI is InChI=1S/C52H33NO/c1-2-13-34(14-3-1)35-25-28-38(29-26-35)53(49-23-12-16-36-27-30-46-45-22-10-11-24-50(45)54-52(46)51(36)49)48-32-31-43(41-19-8-9-21-44(41)48)47-33-37-15-4-5-17-39(37)40-18-6-7-20-42(40)47/h1-33H. The Labute approximate surface area is 312 Å². The summed E-state index contributed by atoms with van der Waals surface area (Å²) in [5.41, 5.74) is 9.87. The molecule has 0 N–H and O–H groups in total. The molecule has 1 aromatic heterocycles. The van der Waals surface area contributed by atoms with Gasteiger partial charge in [-0.3, -0.25) is 0 Å². The van der Waals surface area contributed by atoms with Crippen molar-refractivity contribution < 1.29 is 4.42 Å². The van der Waals surface area contributed by atoms with E-state index in [1.165, 1.54) is 54.6 Å². The Hall–Kier alpha value is -7.16. The molecule has 54 heavy (non-hydrogen) atoms. The minimum absolute atomic E-state index is 0.894. The second-order valence-electron chi connectivity index (χ2n) is 14.0. The van der Waals surface area contributed by atoms with Crippen molar-refractivity contribution in [3.63, 3.8) is 0 Å².